The predicted octanol–water partition coefficient (Wildman–Crippen LogP) is 5.15. The number of hydrogen-bond donors (Lipinski definition) is 3. The van der Waals surface area contributed by atoms with Crippen LogP contribution in [-0.2, 0) is 11.2 Å². The van der Waals surface area contributed by atoms with Crippen LogP contribution in [0.4, 0.5) is 5.69 Å². The van der Waals surface area contributed by atoms with E-state index >= 15 is 0 Å². The highest BCUT2D eigenvalue weighted by Crippen LogP contribution is 2.32. The van der Waals surface area contributed by atoms with Crippen LogP contribution in [0.15, 0.2) is 67.7 Å². The summed E-state index contributed by atoms with van der Waals surface area (Å²) in [4.78, 5) is 12.0. The van der Waals surface area contributed by atoms with Gasteiger partial charge in [-0.1, -0.05) is 36.4 Å². The first-order valence-corrected chi connectivity index (χ1v) is 9.97. The van der Waals surface area contributed by atoms with Gasteiger partial charge in [-0.25, -0.2) is 0 Å². The van der Waals surface area contributed by atoms with Gasteiger partial charge in [0.1, 0.15) is 0 Å². The first-order valence-electron chi connectivity index (χ1n) is 7.59. The molecule has 7 heteroatoms. The van der Waals surface area contributed by atoms with Crippen molar-refractivity contribution in [2.24, 2.45) is 0 Å². The van der Waals surface area contributed by atoms with Gasteiger partial charge in [-0.05, 0) is 78.8 Å². The lowest BCUT2D eigenvalue weighted by atomic mass is 10.1. The summed E-state index contributed by atoms with van der Waals surface area (Å²) in [5.41, 5.74) is 8.55. The van der Waals surface area contributed by atoms with Crippen molar-refractivity contribution < 1.29 is 4.79 Å². The minimum Gasteiger partial charge on any atom is -0.375 e. The first-order chi connectivity index (χ1) is 12.0. The van der Waals surface area contributed by atoms with Gasteiger partial charge in [-0.3, -0.25) is 10.2 Å². The van der Waals surface area contributed by atoms with Crippen LogP contribution < -0.4 is 16.2 Å². The first kappa shape index (κ1) is 20.0. The van der Waals surface area contributed by atoms with Crippen LogP contribution >= 0.6 is 47.8 Å². The molecular formula is C18H18Br3N3O. The molecule has 0 aliphatic heterocycles. The van der Waals surface area contributed by atoms with Crippen LogP contribution in [0.1, 0.15) is 12.5 Å². The van der Waals surface area contributed by atoms with E-state index in [9.17, 15) is 4.79 Å². The molecule has 0 atom stereocenters. The molecule has 0 radical (unpaired) electrons. The number of hydrazine groups is 1. The van der Waals surface area contributed by atoms with Gasteiger partial charge in [-0.15, -0.1) is 0 Å². The number of nitrogens with one attached hydrogen (secondary N) is 3. The van der Waals surface area contributed by atoms with E-state index in [2.05, 4.69) is 76.1 Å². The number of carbonyl (C=O) groups excluding carboxylic acids is 1. The molecule has 2 aromatic rings. The molecule has 0 bridgehead atoms. The van der Waals surface area contributed by atoms with Crippen LogP contribution in [0, 0.1) is 0 Å². The molecule has 0 fully saturated rings. The van der Waals surface area contributed by atoms with Crippen molar-refractivity contribution in [2.75, 3.05) is 11.9 Å². The van der Waals surface area contributed by atoms with Crippen molar-refractivity contribution in [3.05, 3.63) is 73.2 Å². The van der Waals surface area contributed by atoms with Crippen LogP contribution in [0.3, 0.4) is 0 Å². The lowest BCUT2D eigenvalue weighted by Gasteiger charge is -2.12. The Bertz CT molecular complexity index is 764. The van der Waals surface area contributed by atoms with E-state index in [0.717, 1.165) is 31.2 Å². The number of hydrogen-bond acceptors (Lipinski definition) is 3. The summed E-state index contributed by atoms with van der Waals surface area (Å²) >= 11 is 10.3. The summed E-state index contributed by atoms with van der Waals surface area (Å²) < 4.78 is 2.73. The number of benzene rings is 2. The molecule has 1 amide bonds. The van der Waals surface area contributed by atoms with Crippen molar-refractivity contribution in [1.29, 1.82) is 0 Å². The van der Waals surface area contributed by atoms with Gasteiger partial charge in [0.25, 0.3) is 5.91 Å². The van der Waals surface area contributed by atoms with Crippen molar-refractivity contribution >= 4 is 59.4 Å². The zero-order valence-electron chi connectivity index (χ0n) is 13.6. The molecule has 2 rings (SSSR count). The van der Waals surface area contributed by atoms with Gasteiger partial charge in [0.2, 0.25) is 0 Å². The third-order valence-corrected chi connectivity index (χ3v) is 5.84. The second kappa shape index (κ2) is 9.99. The van der Waals surface area contributed by atoms with E-state index in [-0.39, 0.29) is 12.5 Å². The van der Waals surface area contributed by atoms with E-state index in [1.165, 1.54) is 5.56 Å². The number of allylic oxidation sites excluding steroid dienone is 2. The Kier molecular flexibility index (Phi) is 7.99. The molecule has 132 valence electrons. The molecule has 0 aliphatic carbocycles. The van der Waals surface area contributed by atoms with E-state index in [4.69, 9.17) is 0 Å². The molecule has 0 saturated carbocycles. The lowest BCUT2D eigenvalue weighted by molar-refractivity contribution is -0.120. The van der Waals surface area contributed by atoms with Gasteiger partial charge in [0.15, 0.2) is 0 Å². The number of carbonyl (C=O) groups is 1. The van der Waals surface area contributed by atoms with Gasteiger partial charge < -0.3 is 10.7 Å². The predicted molar refractivity (Wildman–Crippen MR) is 113 cm³/mol. The standard InChI is InChI=1S/C18H18Br3N3O/c1-12(7-8-13-5-3-2-4-6-13)23-24-18(25)11-22-17-10-15(20)14(19)9-16(17)21/h2-7,9-10,22-23H,8,11H2,1H3,(H,24,25). The SMILES string of the molecule is CC(=CCc1ccccc1)NNC(=O)CNc1cc(Br)c(Br)cc1Br. The van der Waals surface area contributed by atoms with Crippen molar-refractivity contribution in [2.45, 2.75) is 13.3 Å². The summed E-state index contributed by atoms with van der Waals surface area (Å²) in [7, 11) is 0. The number of halogens is 3. The second-order valence-corrected chi connectivity index (χ2v) is 7.91. The van der Waals surface area contributed by atoms with E-state index in [1.807, 2.05) is 43.3 Å². The Balaban J connectivity index is 1.78. The zero-order valence-corrected chi connectivity index (χ0v) is 18.3. The molecule has 2 aromatic carbocycles. The molecular weight excluding hydrogens is 514 g/mol. The van der Waals surface area contributed by atoms with Gasteiger partial charge in [0, 0.05) is 19.1 Å². The minimum atomic E-state index is -0.154. The third kappa shape index (κ3) is 6.84. The molecule has 0 unspecified atom stereocenters. The zero-order chi connectivity index (χ0) is 18.2. The number of anilines is 1. The summed E-state index contributed by atoms with van der Waals surface area (Å²) in [6, 6.07) is 14.0. The average molecular weight is 532 g/mol. The maximum absolute atomic E-state index is 12.0. The highest BCUT2D eigenvalue weighted by atomic mass is 79.9. The minimum absolute atomic E-state index is 0.154. The fraction of sp³-hybridized carbons (Fsp3) is 0.167. The number of rotatable bonds is 7. The van der Waals surface area contributed by atoms with Crippen molar-refractivity contribution in [3.63, 3.8) is 0 Å². The monoisotopic (exact) mass is 529 g/mol. The third-order valence-electron chi connectivity index (χ3n) is 3.34. The Morgan fingerprint density at radius 2 is 1.68 bits per heavy atom. The van der Waals surface area contributed by atoms with Gasteiger partial charge >= 0.3 is 0 Å². The molecule has 0 spiro atoms. The Morgan fingerprint density at radius 1 is 1.00 bits per heavy atom. The molecule has 0 aromatic heterocycles. The Morgan fingerprint density at radius 3 is 2.40 bits per heavy atom. The molecule has 0 aliphatic rings. The summed E-state index contributed by atoms with van der Waals surface area (Å²) in [6.07, 6.45) is 2.85. The highest BCUT2D eigenvalue weighted by Gasteiger charge is 2.07. The molecule has 4 nitrogen and oxygen atoms in total. The van der Waals surface area contributed by atoms with Crippen molar-refractivity contribution in [1.82, 2.24) is 10.9 Å². The molecule has 25 heavy (non-hydrogen) atoms. The Labute approximate surface area is 172 Å². The van der Waals surface area contributed by atoms with Crippen LogP contribution in [0.25, 0.3) is 0 Å². The number of amides is 1. The van der Waals surface area contributed by atoms with Gasteiger partial charge in [0.05, 0.1) is 12.2 Å². The summed E-state index contributed by atoms with van der Waals surface area (Å²) in [5, 5.41) is 3.09. The average Bonchev–Trinajstić information content (AvgIpc) is 2.61. The quantitative estimate of drug-likeness (QED) is 0.342. The van der Waals surface area contributed by atoms with E-state index in [0.29, 0.717) is 0 Å². The fourth-order valence-corrected chi connectivity index (χ4v) is 3.46. The maximum Gasteiger partial charge on any atom is 0.257 e. The molecule has 3 N–H and O–H groups in total. The highest BCUT2D eigenvalue weighted by molar-refractivity contribution is 9.13. The maximum atomic E-state index is 12.0. The largest absolute Gasteiger partial charge is 0.375 e. The fourth-order valence-electron chi connectivity index (χ4n) is 1.98. The van der Waals surface area contributed by atoms with Gasteiger partial charge in [-0.2, -0.15) is 0 Å². The van der Waals surface area contributed by atoms with Crippen molar-refractivity contribution in [3.8, 4) is 0 Å². The molecule has 0 saturated heterocycles. The van der Waals surface area contributed by atoms with E-state index in [1.54, 1.807) is 0 Å². The molecule has 0 heterocycles. The van der Waals surface area contributed by atoms with Crippen LogP contribution in [0.2, 0.25) is 0 Å². The normalized spacial score (nSPS) is 11.1. The van der Waals surface area contributed by atoms with Crippen LogP contribution in [0.5, 0.6) is 0 Å². The topological polar surface area (TPSA) is 53.2 Å². The second-order valence-electron chi connectivity index (χ2n) is 5.35. The summed E-state index contributed by atoms with van der Waals surface area (Å²) in [5.74, 6) is -0.154. The lowest BCUT2D eigenvalue weighted by Crippen LogP contribution is -2.39. The van der Waals surface area contributed by atoms with E-state index < -0.39 is 0 Å². The van der Waals surface area contributed by atoms with Crippen LogP contribution in [-0.4, -0.2) is 12.5 Å². The smallest absolute Gasteiger partial charge is 0.257 e. The summed E-state index contributed by atoms with van der Waals surface area (Å²) in [6.45, 7) is 2.07. The Hall–Kier alpha value is -1.31.